The maximum Gasteiger partial charge on any atom is 0.236 e. The van der Waals surface area contributed by atoms with Crippen molar-refractivity contribution in [2.24, 2.45) is 0 Å². The Morgan fingerprint density at radius 3 is 2.22 bits per heavy atom. The van der Waals surface area contributed by atoms with Crippen molar-refractivity contribution in [1.29, 1.82) is 0 Å². The largest absolute Gasteiger partial charge is 0.308 e. The molecular formula is C19H25N3O. The van der Waals surface area contributed by atoms with E-state index >= 15 is 0 Å². The molecule has 0 spiro atoms. The number of aromatic nitrogens is 2. The lowest BCUT2D eigenvalue weighted by Gasteiger charge is -2.16. The molecule has 3 rings (SSSR count). The molecule has 0 atom stereocenters. The molecule has 0 aliphatic heterocycles. The number of rotatable bonds is 3. The van der Waals surface area contributed by atoms with Gasteiger partial charge in [-0.15, -0.1) is 0 Å². The second kappa shape index (κ2) is 5.22. The van der Waals surface area contributed by atoms with Crippen molar-refractivity contribution in [3.63, 3.8) is 0 Å². The summed E-state index contributed by atoms with van der Waals surface area (Å²) in [4.78, 5) is 12.8. The lowest BCUT2D eigenvalue weighted by Crippen LogP contribution is -2.28. The minimum absolute atomic E-state index is 0.0130. The zero-order valence-electron chi connectivity index (χ0n) is 14.6. The molecule has 0 radical (unpaired) electrons. The van der Waals surface area contributed by atoms with Crippen LogP contribution in [0.3, 0.4) is 0 Å². The molecule has 4 heteroatoms. The Hall–Kier alpha value is -2.10. The first-order chi connectivity index (χ1) is 10.7. The summed E-state index contributed by atoms with van der Waals surface area (Å²) in [6, 6.07) is 8.33. The molecule has 1 fully saturated rings. The highest BCUT2D eigenvalue weighted by Gasteiger charge is 2.51. The van der Waals surface area contributed by atoms with Crippen molar-refractivity contribution in [2.45, 2.75) is 58.3 Å². The van der Waals surface area contributed by atoms with Crippen molar-refractivity contribution in [3.8, 4) is 0 Å². The summed E-state index contributed by atoms with van der Waals surface area (Å²) in [5, 5.41) is 10.2. The Labute approximate surface area is 137 Å². The number of hydrogen-bond donors (Lipinski definition) is 2. The fourth-order valence-electron chi connectivity index (χ4n) is 3.03. The van der Waals surface area contributed by atoms with Gasteiger partial charge in [0.1, 0.15) is 0 Å². The van der Waals surface area contributed by atoms with Gasteiger partial charge in [-0.05, 0) is 32.3 Å². The number of anilines is 1. The minimum Gasteiger partial charge on any atom is -0.308 e. The second-order valence-corrected chi connectivity index (χ2v) is 7.83. The van der Waals surface area contributed by atoms with Crippen molar-refractivity contribution in [1.82, 2.24) is 10.2 Å². The summed E-state index contributed by atoms with van der Waals surface area (Å²) < 4.78 is 0. The monoisotopic (exact) mass is 311 g/mol. The molecule has 1 aliphatic carbocycles. The number of amides is 1. The highest BCUT2D eigenvalue weighted by atomic mass is 16.2. The molecule has 1 heterocycles. The van der Waals surface area contributed by atoms with Crippen LogP contribution >= 0.6 is 0 Å². The maximum atomic E-state index is 12.8. The Morgan fingerprint density at radius 2 is 1.74 bits per heavy atom. The van der Waals surface area contributed by atoms with E-state index in [1.54, 1.807) is 0 Å². The number of benzene rings is 1. The first kappa shape index (κ1) is 15.8. The fraction of sp³-hybridized carbons (Fsp3) is 0.474. The van der Waals surface area contributed by atoms with E-state index in [0.29, 0.717) is 5.82 Å². The van der Waals surface area contributed by atoms with Crippen molar-refractivity contribution in [3.05, 3.63) is 46.6 Å². The molecule has 4 nitrogen and oxygen atoms in total. The third-order valence-electron chi connectivity index (χ3n) is 4.59. The third kappa shape index (κ3) is 3.03. The molecular weight excluding hydrogens is 286 g/mol. The van der Waals surface area contributed by atoms with Crippen molar-refractivity contribution >= 4 is 11.7 Å². The summed E-state index contributed by atoms with van der Waals surface area (Å²) >= 11 is 0. The zero-order valence-corrected chi connectivity index (χ0v) is 14.6. The number of nitrogens with zero attached hydrogens (tertiary/aromatic N) is 1. The standard InChI is InChI=1S/C19H25N3O/c1-12-8-13(2)10-14(9-12)19(6-7-19)17(23)20-16-11-15(21-22-16)18(3,4)5/h8-11H,6-7H2,1-5H3,(H2,20,21,22,23). The van der Waals surface area contributed by atoms with Gasteiger partial charge in [0, 0.05) is 17.2 Å². The van der Waals surface area contributed by atoms with Crippen molar-refractivity contribution in [2.75, 3.05) is 5.32 Å². The van der Waals surface area contributed by atoms with Crippen LogP contribution in [0.4, 0.5) is 5.82 Å². The molecule has 1 saturated carbocycles. The number of nitrogens with one attached hydrogen (secondary N) is 2. The van der Waals surface area contributed by atoms with E-state index in [9.17, 15) is 4.79 Å². The number of aromatic amines is 1. The lowest BCUT2D eigenvalue weighted by atomic mass is 9.91. The molecule has 0 saturated heterocycles. The number of H-pyrrole nitrogens is 1. The summed E-state index contributed by atoms with van der Waals surface area (Å²) in [6.45, 7) is 10.5. The van der Waals surface area contributed by atoms with E-state index in [1.807, 2.05) is 6.07 Å². The van der Waals surface area contributed by atoms with E-state index in [2.05, 4.69) is 68.3 Å². The average Bonchev–Trinajstić information content (AvgIpc) is 3.11. The van der Waals surface area contributed by atoms with Crippen molar-refractivity contribution < 1.29 is 4.79 Å². The Morgan fingerprint density at radius 1 is 1.13 bits per heavy atom. The van der Waals surface area contributed by atoms with Crippen LogP contribution in [0.2, 0.25) is 0 Å². The molecule has 2 N–H and O–H groups in total. The van der Waals surface area contributed by atoms with E-state index in [0.717, 1.165) is 24.1 Å². The number of aryl methyl sites for hydroxylation is 2. The number of carbonyl (C=O) groups is 1. The van der Waals surface area contributed by atoms with E-state index < -0.39 is 0 Å². The smallest absolute Gasteiger partial charge is 0.236 e. The molecule has 2 aromatic rings. The SMILES string of the molecule is Cc1cc(C)cc(C2(C(=O)Nc3cc(C(C)(C)C)[nH]n3)CC2)c1. The second-order valence-electron chi connectivity index (χ2n) is 7.83. The van der Waals surface area contributed by atoms with Gasteiger partial charge in [-0.25, -0.2) is 0 Å². The predicted molar refractivity (Wildman–Crippen MR) is 92.7 cm³/mol. The minimum atomic E-state index is -0.377. The molecule has 122 valence electrons. The van der Waals surface area contributed by atoms with Crippen LogP contribution in [0.5, 0.6) is 0 Å². The van der Waals surface area contributed by atoms with Crippen LogP contribution in [0, 0.1) is 13.8 Å². The average molecular weight is 311 g/mol. The molecule has 0 unspecified atom stereocenters. The van der Waals surface area contributed by atoms with Gasteiger partial charge >= 0.3 is 0 Å². The third-order valence-corrected chi connectivity index (χ3v) is 4.59. The first-order valence-corrected chi connectivity index (χ1v) is 8.17. The maximum absolute atomic E-state index is 12.8. The Bertz CT molecular complexity index is 728. The molecule has 1 amide bonds. The van der Waals surface area contributed by atoms with E-state index in [4.69, 9.17) is 0 Å². The van der Waals surface area contributed by atoms with Gasteiger partial charge in [-0.3, -0.25) is 9.89 Å². The highest BCUT2D eigenvalue weighted by molar-refractivity contribution is 6.00. The topological polar surface area (TPSA) is 57.8 Å². The normalized spacial score (nSPS) is 16.2. The Kier molecular flexibility index (Phi) is 3.58. The van der Waals surface area contributed by atoms with Crippen LogP contribution in [-0.2, 0) is 15.6 Å². The molecule has 1 aromatic carbocycles. The summed E-state index contributed by atoms with van der Waals surface area (Å²) in [5.74, 6) is 0.657. The molecule has 1 aliphatic rings. The van der Waals surface area contributed by atoms with Gasteiger partial charge in [-0.1, -0.05) is 50.1 Å². The zero-order chi connectivity index (χ0) is 16.8. The van der Waals surface area contributed by atoms with Crippen LogP contribution in [-0.4, -0.2) is 16.1 Å². The van der Waals surface area contributed by atoms with Gasteiger partial charge in [0.15, 0.2) is 5.82 Å². The molecule has 1 aromatic heterocycles. The molecule has 23 heavy (non-hydrogen) atoms. The lowest BCUT2D eigenvalue weighted by molar-refractivity contribution is -0.118. The molecule has 0 bridgehead atoms. The summed E-state index contributed by atoms with van der Waals surface area (Å²) in [7, 11) is 0. The van der Waals surface area contributed by atoms with Crippen LogP contribution in [0.25, 0.3) is 0 Å². The van der Waals surface area contributed by atoms with Gasteiger partial charge in [0.2, 0.25) is 5.91 Å². The number of hydrogen-bond acceptors (Lipinski definition) is 2. The van der Waals surface area contributed by atoms with Gasteiger partial charge in [0.25, 0.3) is 0 Å². The quantitative estimate of drug-likeness (QED) is 0.900. The first-order valence-electron chi connectivity index (χ1n) is 8.17. The van der Waals surface area contributed by atoms with Crippen LogP contribution in [0.15, 0.2) is 24.3 Å². The Balaban J connectivity index is 1.81. The van der Waals surface area contributed by atoms with E-state index in [1.165, 1.54) is 11.1 Å². The van der Waals surface area contributed by atoms with Gasteiger partial charge in [-0.2, -0.15) is 5.10 Å². The number of carbonyl (C=O) groups excluding carboxylic acids is 1. The highest BCUT2D eigenvalue weighted by Crippen LogP contribution is 2.49. The van der Waals surface area contributed by atoms with Crippen LogP contribution in [0.1, 0.15) is 56.0 Å². The van der Waals surface area contributed by atoms with Gasteiger partial charge in [0.05, 0.1) is 5.41 Å². The summed E-state index contributed by atoms with van der Waals surface area (Å²) in [6.07, 6.45) is 1.80. The van der Waals surface area contributed by atoms with Crippen LogP contribution < -0.4 is 5.32 Å². The van der Waals surface area contributed by atoms with Gasteiger partial charge < -0.3 is 5.32 Å². The fourth-order valence-corrected chi connectivity index (χ4v) is 3.03. The summed E-state index contributed by atoms with van der Waals surface area (Å²) in [5.41, 5.74) is 4.16. The van der Waals surface area contributed by atoms with E-state index in [-0.39, 0.29) is 16.7 Å². The predicted octanol–water partition coefficient (Wildman–Crippen LogP) is 3.99.